The lowest BCUT2D eigenvalue weighted by atomic mass is 11.3. The van der Waals surface area contributed by atoms with Crippen LogP contribution in [0.1, 0.15) is 0 Å². The van der Waals surface area contributed by atoms with Crippen molar-refractivity contribution in [1.82, 2.24) is 0 Å². The number of hydrogen-bond donors (Lipinski definition) is 0. The molecular formula is C11H20ClFSi3. The molecule has 0 aliphatic carbocycles. The van der Waals surface area contributed by atoms with E-state index < -0.39 is 24.6 Å². The zero-order chi connectivity index (χ0) is 13.0. The Morgan fingerprint density at radius 2 is 1.12 bits per heavy atom. The van der Waals surface area contributed by atoms with Gasteiger partial charge in [-0.05, 0) is 0 Å². The fourth-order valence-electron chi connectivity index (χ4n) is 0.671. The van der Waals surface area contributed by atoms with Gasteiger partial charge in [0.2, 0.25) is 0 Å². The molecule has 0 fully saturated rings. The highest BCUT2D eigenvalue weighted by molar-refractivity contribution is 6.96. The molecule has 0 aromatic carbocycles. The van der Waals surface area contributed by atoms with Crippen LogP contribution in [0.2, 0.25) is 39.3 Å². The molecule has 5 heteroatoms. The highest BCUT2D eigenvalue weighted by atomic mass is 35.5. The Hall–Kier alpha value is -0.00935. The van der Waals surface area contributed by atoms with Gasteiger partial charge in [0.25, 0.3) is 0 Å². The Balaban J connectivity index is 5.05. The van der Waals surface area contributed by atoms with Gasteiger partial charge in [-0.15, -0.1) is 22.7 Å². The summed E-state index contributed by atoms with van der Waals surface area (Å²) < 4.78 is 14.3. The van der Waals surface area contributed by atoms with Crippen LogP contribution in [-0.4, -0.2) is 30.1 Å². The molecule has 0 amide bonds. The second kappa shape index (κ2) is 5.55. The Kier molecular flexibility index (Phi) is 5.55. The summed E-state index contributed by atoms with van der Waals surface area (Å²) in [6, 6.07) is 0. The standard InChI is InChI=1S/C11H20ClFSi3/c1-14(2,3)7-9-16(13,11-12)10-8-15(4,5)6/h11H2,1-6H3. The van der Waals surface area contributed by atoms with Gasteiger partial charge < -0.3 is 0 Å². The monoisotopic (exact) mass is 290 g/mol. The van der Waals surface area contributed by atoms with E-state index in [4.69, 9.17) is 11.6 Å². The smallest absolute Gasteiger partial charge is 0.279 e. The first-order chi connectivity index (χ1) is 6.97. The topological polar surface area (TPSA) is 0 Å². The first-order valence-electron chi connectivity index (χ1n) is 5.31. The molecule has 0 aliphatic heterocycles. The van der Waals surface area contributed by atoms with E-state index in [0.717, 1.165) is 0 Å². The largest absolute Gasteiger partial charge is 0.412 e. The quantitative estimate of drug-likeness (QED) is 0.300. The maximum absolute atomic E-state index is 14.3. The van der Waals surface area contributed by atoms with Crippen LogP contribution in [0.25, 0.3) is 0 Å². The van der Waals surface area contributed by atoms with E-state index in [-0.39, 0.29) is 5.50 Å². The molecule has 0 N–H and O–H groups in total. The number of rotatable bonds is 1. The Morgan fingerprint density at radius 1 is 0.812 bits per heavy atom. The van der Waals surface area contributed by atoms with E-state index in [0.29, 0.717) is 0 Å². The molecule has 0 unspecified atom stereocenters. The second-order valence-electron chi connectivity index (χ2n) is 5.93. The third-order valence-electron chi connectivity index (χ3n) is 1.46. The van der Waals surface area contributed by atoms with Gasteiger partial charge in [-0.3, -0.25) is 4.11 Å². The van der Waals surface area contributed by atoms with Crippen LogP contribution in [0.3, 0.4) is 0 Å². The number of hydrogen-bond acceptors (Lipinski definition) is 0. The Bertz CT molecular complexity index is 325. The predicted octanol–water partition coefficient (Wildman–Crippen LogP) is 3.52. The summed E-state index contributed by atoms with van der Waals surface area (Å²) in [5.74, 6) is 0. The molecule has 0 nitrogen and oxygen atoms in total. The fourth-order valence-corrected chi connectivity index (χ4v) is 5.85. The summed E-state index contributed by atoms with van der Waals surface area (Å²) >= 11 is 5.68. The molecule has 0 spiro atoms. The molecule has 0 saturated carbocycles. The molecule has 0 aromatic heterocycles. The van der Waals surface area contributed by atoms with Gasteiger partial charge in [0.1, 0.15) is 16.1 Å². The first kappa shape index (κ1) is 16.0. The van der Waals surface area contributed by atoms with Crippen molar-refractivity contribution in [3.63, 3.8) is 0 Å². The van der Waals surface area contributed by atoms with Crippen molar-refractivity contribution >= 4 is 36.2 Å². The molecule has 0 atom stereocenters. The van der Waals surface area contributed by atoms with Crippen molar-refractivity contribution in [2.45, 2.75) is 39.3 Å². The van der Waals surface area contributed by atoms with Gasteiger partial charge >= 0.3 is 8.41 Å². The maximum Gasteiger partial charge on any atom is 0.412 e. The molecule has 0 aromatic rings. The van der Waals surface area contributed by atoms with Gasteiger partial charge in [-0.1, -0.05) is 50.4 Å². The second-order valence-corrected chi connectivity index (χ2v) is 18.6. The van der Waals surface area contributed by atoms with Crippen LogP contribution in [-0.2, 0) is 0 Å². The number of halogens is 2. The zero-order valence-electron chi connectivity index (χ0n) is 11.0. The van der Waals surface area contributed by atoms with E-state index >= 15 is 0 Å². The van der Waals surface area contributed by atoms with E-state index in [1.807, 2.05) is 0 Å². The van der Waals surface area contributed by atoms with Gasteiger partial charge in [0, 0.05) is 0 Å². The molecule has 90 valence electrons. The zero-order valence-corrected chi connectivity index (χ0v) is 14.7. The fraction of sp³-hybridized carbons (Fsp3) is 0.636. The molecule has 0 radical (unpaired) electrons. The summed E-state index contributed by atoms with van der Waals surface area (Å²) in [4.78, 5) is 0. The summed E-state index contributed by atoms with van der Waals surface area (Å²) in [7, 11) is -6.41. The van der Waals surface area contributed by atoms with E-state index in [1.165, 1.54) is 0 Å². The van der Waals surface area contributed by atoms with Gasteiger partial charge in [-0.2, -0.15) is 0 Å². The molecular weight excluding hydrogens is 271 g/mol. The van der Waals surface area contributed by atoms with Crippen LogP contribution in [0, 0.1) is 22.2 Å². The van der Waals surface area contributed by atoms with Crippen LogP contribution in [0.15, 0.2) is 0 Å². The van der Waals surface area contributed by atoms with Gasteiger partial charge in [0.05, 0.1) is 5.50 Å². The van der Waals surface area contributed by atoms with Crippen molar-refractivity contribution in [1.29, 1.82) is 0 Å². The Labute approximate surface area is 107 Å². The Morgan fingerprint density at radius 3 is 1.31 bits per heavy atom. The normalized spacial score (nSPS) is 12.2. The van der Waals surface area contributed by atoms with Crippen molar-refractivity contribution < 1.29 is 4.11 Å². The summed E-state index contributed by atoms with van der Waals surface area (Å²) in [6.07, 6.45) is 0. The van der Waals surface area contributed by atoms with Gasteiger partial charge in [-0.25, -0.2) is 0 Å². The minimum Gasteiger partial charge on any atom is -0.279 e. The molecule has 0 saturated heterocycles. The van der Waals surface area contributed by atoms with E-state index in [9.17, 15) is 4.11 Å². The average Bonchev–Trinajstić information content (AvgIpc) is 2.09. The predicted molar refractivity (Wildman–Crippen MR) is 79.8 cm³/mol. The third-order valence-corrected chi connectivity index (χ3v) is 6.22. The minimum atomic E-state index is -3.33. The number of alkyl halides is 1. The molecule has 0 heterocycles. The lowest BCUT2D eigenvalue weighted by Gasteiger charge is -2.09. The molecule has 0 rings (SSSR count). The van der Waals surface area contributed by atoms with Crippen molar-refractivity contribution in [3.05, 3.63) is 0 Å². The SMILES string of the molecule is C[Si](C)(C)C#C[Si](F)(C#C[Si](C)(C)C)CCl. The highest BCUT2D eigenvalue weighted by Gasteiger charge is 2.30. The van der Waals surface area contributed by atoms with Crippen molar-refractivity contribution in [2.24, 2.45) is 0 Å². The van der Waals surface area contributed by atoms with E-state index in [2.05, 4.69) is 61.5 Å². The summed E-state index contributed by atoms with van der Waals surface area (Å²) in [6.45, 7) is 12.6. The minimum absolute atomic E-state index is 0.0397. The first-order valence-corrected chi connectivity index (χ1v) is 14.9. The lowest BCUT2D eigenvalue weighted by Crippen LogP contribution is -2.32. The maximum atomic E-state index is 14.3. The molecule has 0 bridgehead atoms. The van der Waals surface area contributed by atoms with Crippen LogP contribution >= 0.6 is 11.6 Å². The molecule has 0 aliphatic rings. The summed E-state index contributed by atoms with van der Waals surface area (Å²) in [5.41, 5.74) is 11.6. The average molecular weight is 291 g/mol. The lowest BCUT2D eigenvalue weighted by molar-refractivity contribution is 0.835. The van der Waals surface area contributed by atoms with Crippen LogP contribution in [0.5, 0.6) is 0 Å². The summed E-state index contributed by atoms with van der Waals surface area (Å²) in [5, 5.41) is 0. The van der Waals surface area contributed by atoms with Crippen molar-refractivity contribution in [3.8, 4) is 22.2 Å². The van der Waals surface area contributed by atoms with Crippen LogP contribution < -0.4 is 0 Å². The highest BCUT2D eigenvalue weighted by Crippen LogP contribution is 2.08. The van der Waals surface area contributed by atoms with Crippen LogP contribution in [0.4, 0.5) is 4.11 Å². The third kappa shape index (κ3) is 8.18. The van der Waals surface area contributed by atoms with E-state index in [1.54, 1.807) is 0 Å². The molecule has 16 heavy (non-hydrogen) atoms. The van der Waals surface area contributed by atoms with Crippen molar-refractivity contribution in [2.75, 3.05) is 5.50 Å². The van der Waals surface area contributed by atoms with Gasteiger partial charge in [0.15, 0.2) is 0 Å².